The van der Waals surface area contributed by atoms with Crippen molar-refractivity contribution in [1.29, 1.82) is 0 Å². The second-order valence-corrected chi connectivity index (χ2v) is 8.51. The fourth-order valence-electron chi connectivity index (χ4n) is 4.32. The van der Waals surface area contributed by atoms with Crippen LogP contribution in [0.2, 0.25) is 0 Å². The number of anilines is 1. The van der Waals surface area contributed by atoms with E-state index in [1.54, 1.807) is 29.2 Å². The van der Waals surface area contributed by atoms with Crippen LogP contribution in [0.25, 0.3) is 16.9 Å². The van der Waals surface area contributed by atoms with E-state index in [4.69, 9.17) is 9.47 Å². The van der Waals surface area contributed by atoms with Crippen molar-refractivity contribution < 1.29 is 14.3 Å². The van der Waals surface area contributed by atoms with E-state index in [0.29, 0.717) is 67.6 Å². The van der Waals surface area contributed by atoms with Crippen LogP contribution in [0, 0.1) is 6.92 Å². The van der Waals surface area contributed by atoms with Gasteiger partial charge in [-0.2, -0.15) is 4.68 Å². The summed E-state index contributed by atoms with van der Waals surface area (Å²) in [5.74, 6) is 1.93. The first kappa shape index (κ1) is 23.5. The lowest BCUT2D eigenvalue weighted by atomic mass is 10.1. The van der Waals surface area contributed by atoms with Crippen molar-refractivity contribution in [3.05, 3.63) is 59.9 Å². The van der Waals surface area contributed by atoms with Gasteiger partial charge in [-0.1, -0.05) is 22.9 Å². The van der Waals surface area contributed by atoms with E-state index >= 15 is 0 Å². The van der Waals surface area contributed by atoms with E-state index in [1.807, 2.05) is 49.9 Å². The minimum atomic E-state index is -0.0307. The normalized spacial score (nSPS) is 13.8. The summed E-state index contributed by atoms with van der Waals surface area (Å²) in [5, 5.41) is 8.71. The van der Waals surface area contributed by atoms with E-state index in [2.05, 4.69) is 25.2 Å². The van der Waals surface area contributed by atoms with Crippen LogP contribution in [0.1, 0.15) is 29.8 Å². The van der Waals surface area contributed by atoms with Gasteiger partial charge in [-0.15, -0.1) is 5.10 Å². The van der Waals surface area contributed by atoms with Gasteiger partial charge in [0, 0.05) is 31.7 Å². The molecular formula is C26H29N7O3. The van der Waals surface area contributed by atoms with Gasteiger partial charge in [0.2, 0.25) is 0 Å². The molecule has 1 saturated heterocycles. The smallest absolute Gasteiger partial charge is 0.254 e. The fraction of sp³-hybridized carbons (Fsp3) is 0.346. The molecule has 0 saturated carbocycles. The highest BCUT2D eigenvalue weighted by Gasteiger charge is 2.26. The number of hydrogen-bond donors (Lipinski definition) is 0. The van der Waals surface area contributed by atoms with Crippen molar-refractivity contribution in [2.24, 2.45) is 0 Å². The predicted molar refractivity (Wildman–Crippen MR) is 136 cm³/mol. The first-order valence-corrected chi connectivity index (χ1v) is 12.2. The quantitative estimate of drug-likeness (QED) is 0.392. The predicted octanol–water partition coefficient (Wildman–Crippen LogP) is 3.28. The molecule has 0 N–H and O–H groups in total. The zero-order valence-electron chi connectivity index (χ0n) is 20.7. The van der Waals surface area contributed by atoms with Gasteiger partial charge in [0.05, 0.1) is 18.9 Å². The van der Waals surface area contributed by atoms with Gasteiger partial charge in [-0.25, -0.2) is 9.97 Å². The monoisotopic (exact) mass is 487 g/mol. The molecule has 1 amide bonds. The molecule has 0 aliphatic carbocycles. The second kappa shape index (κ2) is 10.2. The summed E-state index contributed by atoms with van der Waals surface area (Å²) in [6.45, 7) is 9.29. The Morgan fingerprint density at radius 1 is 0.917 bits per heavy atom. The number of amides is 1. The minimum Gasteiger partial charge on any atom is -0.490 e. The number of aromatic nitrogens is 5. The van der Waals surface area contributed by atoms with Crippen molar-refractivity contribution in [1.82, 2.24) is 29.9 Å². The number of ether oxygens (including phenoxy) is 2. The topological polar surface area (TPSA) is 98.5 Å². The standard InChI is InChI=1S/C26H29N7O3/c1-4-35-21-11-8-19(16-22(21)36-5-2)26(34)32-14-12-31(13-15-32)24-23-25(28-17-27-24)33(30-29-23)20-9-6-18(3)7-10-20/h6-11,16-17H,4-5,12-15H2,1-3H3. The fourth-order valence-corrected chi connectivity index (χ4v) is 4.32. The van der Waals surface area contributed by atoms with Gasteiger partial charge in [-0.05, 0) is 51.1 Å². The molecule has 1 aliphatic rings. The molecule has 2 aromatic carbocycles. The summed E-state index contributed by atoms with van der Waals surface area (Å²) in [5.41, 5.74) is 3.95. The molecule has 4 aromatic rings. The van der Waals surface area contributed by atoms with Crippen LogP contribution in [-0.2, 0) is 0 Å². The lowest BCUT2D eigenvalue weighted by Crippen LogP contribution is -2.49. The van der Waals surface area contributed by atoms with Gasteiger partial charge in [-0.3, -0.25) is 4.79 Å². The molecule has 5 rings (SSSR count). The Morgan fingerprint density at radius 3 is 2.36 bits per heavy atom. The van der Waals surface area contributed by atoms with Crippen molar-refractivity contribution in [3.8, 4) is 17.2 Å². The van der Waals surface area contributed by atoms with Crippen molar-refractivity contribution in [2.75, 3.05) is 44.3 Å². The Hall–Kier alpha value is -4.21. The Bertz CT molecular complexity index is 1360. The average molecular weight is 488 g/mol. The molecular weight excluding hydrogens is 458 g/mol. The zero-order valence-corrected chi connectivity index (χ0v) is 20.7. The Labute approximate surface area is 209 Å². The number of hydrogen-bond acceptors (Lipinski definition) is 8. The SMILES string of the molecule is CCOc1ccc(C(=O)N2CCN(c3ncnc4c3nnn4-c3ccc(C)cc3)CC2)cc1OCC. The molecule has 0 atom stereocenters. The number of carbonyl (C=O) groups excluding carboxylic acids is 1. The molecule has 1 aliphatic heterocycles. The molecule has 2 aromatic heterocycles. The van der Waals surface area contributed by atoms with Crippen LogP contribution in [0.5, 0.6) is 11.5 Å². The maximum absolute atomic E-state index is 13.2. The molecule has 0 spiro atoms. The zero-order chi connectivity index (χ0) is 25.1. The summed E-state index contributed by atoms with van der Waals surface area (Å²) in [6, 6.07) is 13.4. The van der Waals surface area contributed by atoms with Gasteiger partial charge >= 0.3 is 0 Å². The summed E-state index contributed by atoms with van der Waals surface area (Å²) >= 11 is 0. The molecule has 186 valence electrons. The Morgan fingerprint density at radius 2 is 1.64 bits per heavy atom. The molecule has 3 heterocycles. The highest BCUT2D eigenvalue weighted by molar-refractivity contribution is 5.95. The maximum atomic E-state index is 13.2. The summed E-state index contributed by atoms with van der Waals surface area (Å²) in [7, 11) is 0. The van der Waals surface area contributed by atoms with Gasteiger partial charge in [0.25, 0.3) is 5.91 Å². The van der Waals surface area contributed by atoms with Gasteiger partial charge in [0.15, 0.2) is 28.5 Å². The number of rotatable bonds is 7. The van der Waals surface area contributed by atoms with E-state index in [-0.39, 0.29) is 5.91 Å². The first-order chi connectivity index (χ1) is 17.6. The third kappa shape index (κ3) is 4.53. The Kier molecular flexibility index (Phi) is 6.66. The maximum Gasteiger partial charge on any atom is 0.254 e. The summed E-state index contributed by atoms with van der Waals surface area (Å²) < 4.78 is 13.0. The van der Waals surface area contributed by atoms with E-state index < -0.39 is 0 Å². The van der Waals surface area contributed by atoms with Crippen molar-refractivity contribution in [3.63, 3.8) is 0 Å². The number of aryl methyl sites for hydroxylation is 1. The molecule has 36 heavy (non-hydrogen) atoms. The number of benzene rings is 2. The lowest BCUT2D eigenvalue weighted by Gasteiger charge is -2.35. The van der Waals surface area contributed by atoms with Crippen LogP contribution >= 0.6 is 0 Å². The lowest BCUT2D eigenvalue weighted by molar-refractivity contribution is 0.0746. The molecule has 0 unspecified atom stereocenters. The van der Waals surface area contributed by atoms with E-state index in [9.17, 15) is 4.79 Å². The first-order valence-electron chi connectivity index (χ1n) is 12.2. The number of carbonyl (C=O) groups is 1. The third-order valence-electron chi connectivity index (χ3n) is 6.15. The van der Waals surface area contributed by atoms with Crippen LogP contribution in [-0.4, -0.2) is 75.2 Å². The second-order valence-electron chi connectivity index (χ2n) is 8.51. The molecule has 10 nitrogen and oxygen atoms in total. The Balaban J connectivity index is 1.32. The van der Waals surface area contributed by atoms with Gasteiger partial charge < -0.3 is 19.3 Å². The number of fused-ring (bicyclic) bond motifs is 1. The minimum absolute atomic E-state index is 0.0307. The molecule has 1 fully saturated rings. The van der Waals surface area contributed by atoms with Crippen LogP contribution in [0.4, 0.5) is 5.82 Å². The van der Waals surface area contributed by atoms with Crippen LogP contribution in [0.3, 0.4) is 0 Å². The molecule has 0 bridgehead atoms. The third-order valence-corrected chi connectivity index (χ3v) is 6.15. The largest absolute Gasteiger partial charge is 0.490 e. The van der Waals surface area contributed by atoms with Crippen LogP contribution in [0.15, 0.2) is 48.8 Å². The van der Waals surface area contributed by atoms with Gasteiger partial charge in [0.1, 0.15) is 6.33 Å². The highest BCUT2D eigenvalue weighted by Crippen LogP contribution is 2.30. The van der Waals surface area contributed by atoms with E-state index in [1.165, 1.54) is 5.56 Å². The van der Waals surface area contributed by atoms with E-state index in [0.717, 1.165) is 11.5 Å². The number of nitrogens with zero attached hydrogens (tertiary/aromatic N) is 7. The van der Waals surface area contributed by atoms with Crippen molar-refractivity contribution >= 4 is 22.9 Å². The molecule has 10 heteroatoms. The molecule has 0 radical (unpaired) electrons. The van der Waals surface area contributed by atoms with Crippen molar-refractivity contribution in [2.45, 2.75) is 20.8 Å². The summed E-state index contributed by atoms with van der Waals surface area (Å²) in [6.07, 6.45) is 1.54. The number of piperazine rings is 1. The van der Waals surface area contributed by atoms with Crippen LogP contribution < -0.4 is 14.4 Å². The summed E-state index contributed by atoms with van der Waals surface area (Å²) in [4.78, 5) is 26.1. The highest BCUT2D eigenvalue weighted by atomic mass is 16.5. The average Bonchev–Trinajstić information content (AvgIpc) is 3.34.